The largest absolute Gasteiger partial charge is 0.337 e. The molecule has 1 N–H and O–H groups in total. The first kappa shape index (κ1) is 38.1. The minimum atomic E-state index is -0.824. The molecule has 0 saturated carbocycles. The van der Waals surface area contributed by atoms with Crippen LogP contribution >= 0.6 is 55.1 Å². The number of nitrogens with one attached hydrogen (secondary N) is 1. The van der Waals surface area contributed by atoms with Gasteiger partial charge in [0.2, 0.25) is 11.6 Å². The highest BCUT2D eigenvalue weighted by Gasteiger charge is 2.30. The molecule has 0 unspecified atom stereocenters. The summed E-state index contributed by atoms with van der Waals surface area (Å²) in [5.41, 5.74) is 2.99. The quantitative estimate of drug-likeness (QED) is 0.0811. The Bertz CT molecular complexity index is 2720. The lowest BCUT2D eigenvalue weighted by Gasteiger charge is -2.18. The van der Waals surface area contributed by atoms with Gasteiger partial charge in [0.05, 0.1) is 22.2 Å². The highest BCUT2D eigenvalue weighted by molar-refractivity contribution is 9.10. The number of carbonyl (C=O) groups is 3. The summed E-state index contributed by atoms with van der Waals surface area (Å²) in [4.78, 5) is 41.6. The molecule has 1 aliphatic rings. The van der Waals surface area contributed by atoms with Gasteiger partial charge in [-0.1, -0.05) is 79.3 Å². The van der Waals surface area contributed by atoms with E-state index in [1.54, 1.807) is 36.4 Å². The molecule has 0 spiro atoms. The van der Waals surface area contributed by atoms with Crippen LogP contribution in [0.4, 0.5) is 17.6 Å². The molecule has 1 aromatic heterocycles. The average molecular weight is 907 g/mol. The lowest BCUT2D eigenvalue weighted by atomic mass is 9.84. The summed E-state index contributed by atoms with van der Waals surface area (Å²) in [5.74, 6) is -3.75. The zero-order valence-corrected chi connectivity index (χ0v) is 32.3. The highest BCUT2D eigenvalue weighted by Crippen LogP contribution is 2.39. The molecule has 272 valence electrons. The molecule has 13 heteroatoms. The number of nitrogens with zero attached hydrogens (tertiary/aromatic N) is 1. The fourth-order valence-electron chi connectivity index (χ4n) is 6.25. The van der Waals surface area contributed by atoms with Crippen LogP contribution in [0.2, 0.25) is 10.0 Å². The summed E-state index contributed by atoms with van der Waals surface area (Å²) in [5, 5.41) is 4.82. The summed E-state index contributed by atoms with van der Waals surface area (Å²) in [6.07, 6.45) is 0.157. The van der Waals surface area contributed by atoms with Crippen LogP contribution in [0.1, 0.15) is 31.1 Å². The monoisotopic (exact) mass is 904 g/mol. The second-order valence-corrected chi connectivity index (χ2v) is 14.8. The van der Waals surface area contributed by atoms with Crippen LogP contribution in [0.25, 0.3) is 55.1 Å². The number of H-pyrrole nitrogens is 1. The first-order valence-electron chi connectivity index (χ1n) is 16.1. The second kappa shape index (κ2) is 15.5. The maximum Gasteiger partial charge on any atom is 0.234 e. The molecule has 1 heterocycles. The summed E-state index contributed by atoms with van der Waals surface area (Å²) in [7, 11) is 0. The second-order valence-electron chi connectivity index (χ2n) is 12.1. The topological polar surface area (TPSA) is 79.9 Å². The van der Waals surface area contributed by atoms with Crippen molar-refractivity contribution in [2.24, 2.45) is 0 Å². The maximum atomic E-state index is 14.3. The standard InChI is InChI=1S/C21H10BrClF2N2.C14H6BrClO2.C7H4F2O/c22-10-4-6-12-14(8-10)15-9-11(23)5-7-13(15)20-19(12)26-21(27-20)18-16(24)2-1-3-17(18)25;15-7-1-3-9-11(5-7)12-6-8(16)2-4-10(12)14(18)13(9)17;8-6-2-1-3-7(9)5(6)4-10/h1-9H,(H,26,27);1-6H;1-4H. The number of fused-ring (bicyclic) bond motifs is 9. The van der Waals surface area contributed by atoms with Gasteiger partial charge in [-0.25, -0.2) is 22.5 Å². The van der Waals surface area contributed by atoms with Crippen molar-refractivity contribution in [2.45, 2.75) is 0 Å². The fourth-order valence-corrected chi connectivity index (χ4v) is 7.32. The number of rotatable bonds is 2. The van der Waals surface area contributed by atoms with E-state index < -0.39 is 40.4 Å². The molecular formula is C42H20Br2Cl2F4N2O3. The minimum absolute atomic E-state index is 0.157. The molecule has 0 radical (unpaired) electrons. The number of imidazole rings is 1. The molecule has 0 aliphatic heterocycles. The highest BCUT2D eigenvalue weighted by atomic mass is 79.9. The smallest absolute Gasteiger partial charge is 0.234 e. The van der Waals surface area contributed by atoms with Gasteiger partial charge in [-0.3, -0.25) is 14.4 Å². The van der Waals surface area contributed by atoms with E-state index in [-0.39, 0.29) is 17.7 Å². The molecule has 55 heavy (non-hydrogen) atoms. The molecule has 0 saturated heterocycles. The molecule has 0 amide bonds. The van der Waals surface area contributed by atoms with Crippen molar-refractivity contribution < 1.29 is 31.9 Å². The van der Waals surface area contributed by atoms with Crippen LogP contribution in [0, 0.1) is 23.3 Å². The Morgan fingerprint density at radius 2 is 1.07 bits per heavy atom. The van der Waals surface area contributed by atoms with Gasteiger partial charge in [-0.2, -0.15) is 0 Å². The van der Waals surface area contributed by atoms with Gasteiger partial charge in [-0.15, -0.1) is 0 Å². The van der Waals surface area contributed by atoms with E-state index in [4.69, 9.17) is 23.2 Å². The van der Waals surface area contributed by atoms with Gasteiger partial charge in [0.1, 0.15) is 29.1 Å². The molecule has 0 atom stereocenters. The van der Waals surface area contributed by atoms with E-state index in [1.165, 1.54) is 24.3 Å². The van der Waals surface area contributed by atoms with Gasteiger partial charge in [0.25, 0.3) is 0 Å². The van der Waals surface area contributed by atoms with Crippen LogP contribution in [0.3, 0.4) is 0 Å². The number of ketones is 2. The fraction of sp³-hybridized carbons (Fsp3) is 0. The maximum absolute atomic E-state index is 14.3. The molecule has 7 aromatic carbocycles. The Morgan fingerprint density at radius 3 is 1.71 bits per heavy atom. The summed E-state index contributed by atoms with van der Waals surface area (Å²) in [6, 6.07) is 28.6. The van der Waals surface area contributed by atoms with E-state index in [0.717, 1.165) is 48.2 Å². The summed E-state index contributed by atoms with van der Waals surface area (Å²) >= 11 is 19.0. The molecule has 0 bridgehead atoms. The first-order chi connectivity index (χ1) is 26.4. The number of Topliss-reactive ketones (excluding diaryl/α,β-unsaturated/α-hetero) is 2. The molecular weight excluding hydrogens is 887 g/mol. The van der Waals surface area contributed by atoms with E-state index in [2.05, 4.69) is 41.8 Å². The molecule has 5 nitrogen and oxygen atoms in total. The molecule has 0 fully saturated rings. The lowest BCUT2D eigenvalue weighted by molar-refractivity contribution is 0.0815. The van der Waals surface area contributed by atoms with Crippen LogP contribution in [-0.2, 0) is 0 Å². The van der Waals surface area contributed by atoms with Crippen molar-refractivity contribution in [1.82, 2.24) is 9.97 Å². The molecule has 9 rings (SSSR count). The van der Waals surface area contributed by atoms with Gasteiger partial charge < -0.3 is 4.98 Å². The Kier molecular flexibility index (Phi) is 10.7. The van der Waals surface area contributed by atoms with E-state index in [9.17, 15) is 31.9 Å². The summed E-state index contributed by atoms with van der Waals surface area (Å²) in [6.45, 7) is 0. The van der Waals surface area contributed by atoms with Crippen molar-refractivity contribution >= 4 is 105 Å². The van der Waals surface area contributed by atoms with Crippen molar-refractivity contribution in [3.63, 3.8) is 0 Å². The van der Waals surface area contributed by atoms with Crippen molar-refractivity contribution in [3.05, 3.63) is 168 Å². The molecule has 1 aliphatic carbocycles. The number of aldehydes is 1. The zero-order chi connectivity index (χ0) is 39.1. The predicted molar refractivity (Wildman–Crippen MR) is 214 cm³/mol. The van der Waals surface area contributed by atoms with Gasteiger partial charge in [0, 0.05) is 40.9 Å². The van der Waals surface area contributed by atoms with E-state index in [1.807, 2.05) is 36.4 Å². The predicted octanol–water partition coefficient (Wildman–Crippen LogP) is 13.2. The Balaban J connectivity index is 0.000000143. The Labute approximate surface area is 336 Å². The van der Waals surface area contributed by atoms with Crippen LogP contribution in [0.15, 0.2) is 118 Å². The van der Waals surface area contributed by atoms with Gasteiger partial charge >= 0.3 is 0 Å². The lowest BCUT2D eigenvalue weighted by Crippen LogP contribution is -2.21. The number of halogens is 8. The Hall–Kier alpha value is -5.20. The Morgan fingerprint density at radius 1 is 0.564 bits per heavy atom. The normalized spacial score (nSPS) is 11.8. The van der Waals surface area contributed by atoms with Gasteiger partial charge in [0.15, 0.2) is 6.29 Å². The SMILES string of the molecule is Fc1cccc(F)c1-c1nc2c3ccc(Br)cc3c3cc(Cl)ccc3c2[nH]1.O=C1C(=O)c2ccc(Br)cc2-c2cc(Cl)ccc21.O=Cc1c(F)cccc1F. The number of aromatic nitrogens is 2. The number of hydrogen-bond acceptors (Lipinski definition) is 4. The minimum Gasteiger partial charge on any atom is -0.337 e. The number of benzene rings is 7. The van der Waals surface area contributed by atoms with Crippen molar-refractivity contribution in [3.8, 4) is 22.5 Å². The average Bonchev–Trinajstić information content (AvgIpc) is 3.59. The molecule has 8 aromatic rings. The number of hydrogen-bond donors (Lipinski definition) is 1. The van der Waals surface area contributed by atoms with Crippen LogP contribution in [-0.4, -0.2) is 27.8 Å². The number of aromatic amines is 1. The van der Waals surface area contributed by atoms with Crippen LogP contribution in [0.5, 0.6) is 0 Å². The van der Waals surface area contributed by atoms with Crippen molar-refractivity contribution in [1.29, 1.82) is 0 Å². The third-order valence-corrected chi connectivity index (χ3v) is 10.2. The third kappa shape index (κ3) is 7.32. The van der Waals surface area contributed by atoms with Crippen LogP contribution < -0.4 is 0 Å². The first-order valence-corrected chi connectivity index (χ1v) is 18.4. The van der Waals surface area contributed by atoms with E-state index >= 15 is 0 Å². The zero-order valence-electron chi connectivity index (χ0n) is 27.7. The third-order valence-electron chi connectivity index (χ3n) is 8.75. The van der Waals surface area contributed by atoms with Crippen molar-refractivity contribution in [2.75, 3.05) is 0 Å². The summed E-state index contributed by atoms with van der Waals surface area (Å²) < 4.78 is 55.1. The number of carbonyl (C=O) groups excluding carboxylic acids is 3. The van der Waals surface area contributed by atoms with E-state index in [0.29, 0.717) is 37.8 Å². The van der Waals surface area contributed by atoms with Gasteiger partial charge in [-0.05, 0) is 107 Å².